The van der Waals surface area contributed by atoms with Gasteiger partial charge in [-0.3, -0.25) is 9.36 Å². The van der Waals surface area contributed by atoms with Crippen molar-refractivity contribution < 1.29 is 9.47 Å². The van der Waals surface area contributed by atoms with E-state index in [1.807, 2.05) is 37.4 Å². The summed E-state index contributed by atoms with van der Waals surface area (Å²) in [5.74, 6) is 1.89. The van der Waals surface area contributed by atoms with Gasteiger partial charge in [0, 0.05) is 44.0 Å². The molecule has 1 aliphatic heterocycles. The molecule has 1 saturated heterocycles. The summed E-state index contributed by atoms with van der Waals surface area (Å²) in [5.41, 5.74) is 4.37. The lowest BCUT2D eigenvalue weighted by molar-refractivity contribution is 0.122. The van der Waals surface area contributed by atoms with Crippen LogP contribution in [0.5, 0.6) is 5.88 Å². The summed E-state index contributed by atoms with van der Waals surface area (Å²) in [6.45, 7) is 6.51. The molecule has 1 N–H and O–H groups in total. The molecule has 4 heterocycles. The average molecular weight is 487 g/mol. The topological polar surface area (TPSA) is 94.4 Å². The highest BCUT2D eigenvalue weighted by Crippen LogP contribution is 2.29. The van der Waals surface area contributed by atoms with Gasteiger partial charge in [-0.2, -0.15) is 0 Å². The third-order valence-electron chi connectivity index (χ3n) is 6.53. The maximum atomic E-state index is 13.1. The molecule has 0 unspecified atom stereocenters. The van der Waals surface area contributed by atoms with Gasteiger partial charge in [-0.1, -0.05) is 18.2 Å². The molecule has 0 saturated carbocycles. The lowest BCUT2D eigenvalue weighted by atomic mass is 10.0. The van der Waals surface area contributed by atoms with Crippen molar-refractivity contribution in [3.05, 3.63) is 70.4 Å². The number of nitrogens with one attached hydrogen (secondary N) is 1. The van der Waals surface area contributed by atoms with E-state index in [0.29, 0.717) is 55.2 Å². The second-order valence-electron chi connectivity index (χ2n) is 8.93. The molecule has 0 bridgehead atoms. The molecule has 1 aromatic carbocycles. The first-order chi connectivity index (χ1) is 17.4. The second kappa shape index (κ2) is 9.94. The molecule has 9 heteroatoms. The number of aromatic nitrogens is 4. The predicted molar refractivity (Wildman–Crippen MR) is 141 cm³/mol. The van der Waals surface area contributed by atoms with Crippen LogP contribution in [0, 0.1) is 6.92 Å². The Morgan fingerprint density at radius 3 is 2.61 bits per heavy atom. The molecule has 186 valence electrons. The zero-order valence-electron chi connectivity index (χ0n) is 21.0. The zero-order valence-corrected chi connectivity index (χ0v) is 21.0. The normalized spacial score (nSPS) is 14.6. The predicted octanol–water partition coefficient (Wildman–Crippen LogP) is 3.72. The smallest absolute Gasteiger partial charge is 0.275 e. The van der Waals surface area contributed by atoms with Crippen molar-refractivity contribution >= 4 is 22.5 Å². The fourth-order valence-electron chi connectivity index (χ4n) is 4.51. The molecule has 0 amide bonds. The Kier molecular flexibility index (Phi) is 6.56. The molecule has 5 rings (SSSR count). The van der Waals surface area contributed by atoms with E-state index in [9.17, 15) is 4.79 Å². The van der Waals surface area contributed by atoms with Gasteiger partial charge in [-0.05, 0) is 43.2 Å². The number of nitrogens with zero attached hydrogens (tertiary/aromatic N) is 5. The number of aryl methyl sites for hydroxylation is 2. The SMILES string of the molecule is COc1ccc(-c2cccc([C@@H](C)Nc3nc(C)nc4c3cc(N3CCOCC3)c(=O)n4C)c2)cn1. The number of anilines is 2. The number of benzene rings is 1. The number of hydrogen-bond acceptors (Lipinski definition) is 8. The van der Waals surface area contributed by atoms with Crippen molar-refractivity contribution in [1.29, 1.82) is 0 Å². The summed E-state index contributed by atoms with van der Waals surface area (Å²) in [6, 6.07) is 14.1. The van der Waals surface area contributed by atoms with Crippen LogP contribution in [0.3, 0.4) is 0 Å². The van der Waals surface area contributed by atoms with E-state index in [0.717, 1.165) is 22.1 Å². The Labute approximate surface area is 209 Å². The summed E-state index contributed by atoms with van der Waals surface area (Å²) in [7, 11) is 3.37. The molecule has 9 nitrogen and oxygen atoms in total. The van der Waals surface area contributed by atoms with Crippen LogP contribution < -0.4 is 20.5 Å². The molecular formula is C27H30N6O3. The maximum Gasteiger partial charge on any atom is 0.275 e. The molecule has 1 fully saturated rings. The maximum absolute atomic E-state index is 13.1. The Morgan fingerprint density at radius 1 is 1.08 bits per heavy atom. The molecule has 4 aromatic rings. The van der Waals surface area contributed by atoms with Crippen molar-refractivity contribution in [1.82, 2.24) is 19.5 Å². The van der Waals surface area contributed by atoms with E-state index in [4.69, 9.17) is 14.5 Å². The molecule has 3 aromatic heterocycles. The fraction of sp³-hybridized carbons (Fsp3) is 0.333. The first-order valence-corrected chi connectivity index (χ1v) is 12.0. The highest BCUT2D eigenvalue weighted by molar-refractivity contribution is 5.89. The Morgan fingerprint density at radius 2 is 1.89 bits per heavy atom. The Hall–Kier alpha value is -3.98. The van der Waals surface area contributed by atoms with Gasteiger partial charge in [0.1, 0.15) is 23.0 Å². The highest BCUT2D eigenvalue weighted by Gasteiger charge is 2.20. The minimum atomic E-state index is -0.0673. The average Bonchev–Trinajstić information content (AvgIpc) is 2.91. The minimum absolute atomic E-state index is 0.0438. The standard InChI is InChI=1S/C27H30N6O3/c1-17(19-6-5-7-20(14-19)21-8-9-24(35-4)28-16-21)29-25-22-15-23(33-10-12-36-13-11-33)27(34)32(3)26(22)31-18(2)30-25/h5-9,14-17H,10-13H2,1-4H3,(H,29,30,31)/t17-/m1/s1. The lowest BCUT2D eigenvalue weighted by Crippen LogP contribution is -2.40. The van der Waals surface area contributed by atoms with Crippen LogP contribution in [0.4, 0.5) is 11.5 Å². The van der Waals surface area contributed by atoms with E-state index in [1.54, 1.807) is 18.7 Å². The van der Waals surface area contributed by atoms with Crippen LogP contribution in [-0.4, -0.2) is 52.9 Å². The molecule has 1 atom stereocenters. The number of rotatable bonds is 6. The second-order valence-corrected chi connectivity index (χ2v) is 8.93. The number of hydrogen-bond donors (Lipinski definition) is 1. The summed E-state index contributed by atoms with van der Waals surface area (Å²) in [6.07, 6.45) is 1.81. The lowest BCUT2D eigenvalue weighted by Gasteiger charge is -2.29. The van der Waals surface area contributed by atoms with Crippen LogP contribution in [-0.2, 0) is 11.8 Å². The van der Waals surface area contributed by atoms with Gasteiger partial charge >= 0.3 is 0 Å². The van der Waals surface area contributed by atoms with Gasteiger partial charge in [0.2, 0.25) is 5.88 Å². The third-order valence-corrected chi connectivity index (χ3v) is 6.53. The first kappa shape index (κ1) is 23.7. The summed E-state index contributed by atoms with van der Waals surface area (Å²) < 4.78 is 12.3. The summed E-state index contributed by atoms with van der Waals surface area (Å²) in [5, 5.41) is 4.38. The van der Waals surface area contributed by atoms with E-state index in [1.165, 1.54) is 0 Å². The largest absolute Gasteiger partial charge is 0.481 e. The first-order valence-electron chi connectivity index (χ1n) is 12.0. The molecule has 0 aliphatic carbocycles. The molecule has 1 aliphatic rings. The molecule has 36 heavy (non-hydrogen) atoms. The Balaban J connectivity index is 1.50. The van der Waals surface area contributed by atoms with E-state index < -0.39 is 0 Å². The van der Waals surface area contributed by atoms with Crippen molar-refractivity contribution in [2.24, 2.45) is 7.05 Å². The zero-order chi connectivity index (χ0) is 25.2. The third kappa shape index (κ3) is 4.61. The fourth-order valence-corrected chi connectivity index (χ4v) is 4.51. The van der Waals surface area contributed by atoms with E-state index >= 15 is 0 Å². The molecule has 0 spiro atoms. The van der Waals surface area contributed by atoms with Crippen molar-refractivity contribution in [2.45, 2.75) is 19.9 Å². The van der Waals surface area contributed by atoms with Crippen LogP contribution in [0.2, 0.25) is 0 Å². The van der Waals surface area contributed by atoms with Crippen molar-refractivity contribution in [3.8, 4) is 17.0 Å². The monoisotopic (exact) mass is 486 g/mol. The summed E-state index contributed by atoms with van der Waals surface area (Å²) >= 11 is 0. The van der Waals surface area contributed by atoms with Gasteiger partial charge in [0.15, 0.2) is 0 Å². The van der Waals surface area contributed by atoms with Crippen LogP contribution in [0.1, 0.15) is 24.4 Å². The highest BCUT2D eigenvalue weighted by atomic mass is 16.5. The molecule has 0 radical (unpaired) electrons. The summed E-state index contributed by atoms with van der Waals surface area (Å²) in [4.78, 5) is 28.9. The van der Waals surface area contributed by atoms with Crippen molar-refractivity contribution in [3.63, 3.8) is 0 Å². The molecular weight excluding hydrogens is 456 g/mol. The van der Waals surface area contributed by atoms with Gasteiger partial charge in [0.05, 0.1) is 25.7 Å². The number of pyridine rings is 2. The van der Waals surface area contributed by atoms with Gasteiger partial charge in [-0.25, -0.2) is 15.0 Å². The van der Waals surface area contributed by atoms with Crippen molar-refractivity contribution in [2.75, 3.05) is 43.6 Å². The van der Waals surface area contributed by atoms with Crippen LogP contribution in [0.25, 0.3) is 22.2 Å². The van der Waals surface area contributed by atoms with Crippen LogP contribution in [0.15, 0.2) is 53.5 Å². The Bertz CT molecular complexity index is 1440. The number of methoxy groups -OCH3 is 1. The van der Waals surface area contributed by atoms with Crippen LogP contribution >= 0.6 is 0 Å². The quantitative estimate of drug-likeness (QED) is 0.441. The van der Waals surface area contributed by atoms with Gasteiger partial charge in [-0.15, -0.1) is 0 Å². The number of fused-ring (bicyclic) bond motifs is 1. The van der Waals surface area contributed by atoms with Gasteiger partial charge in [0.25, 0.3) is 5.56 Å². The van der Waals surface area contributed by atoms with E-state index in [2.05, 4.69) is 45.3 Å². The van der Waals surface area contributed by atoms with E-state index in [-0.39, 0.29) is 11.6 Å². The van der Waals surface area contributed by atoms with Gasteiger partial charge < -0.3 is 19.7 Å². The minimum Gasteiger partial charge on any atom is -0.481 e. The number of morpholine rings is 1. The number of ether oxygens (including phenoxy) is 2.